The number of carboxylic acids is 1. The monoisotopic (exact) mass is 452 g/mol. The first-order valence-electron chi connectivity index (χ1n) is 10.8. The maximum Gasteiger partial charge on any atom is 0.338 e. The number of esters is 1. The van der Waals surface area contributed by atoms with Crippen molar-refractivity contribution in [3.8, 4) is 0 Å². The quantitative estimate of drug-likeness (QED) is 0.384. The summed E-state index contributed by atoms with van der Waals surface area (Å²) in [6.07, 6.45) is 0.834. The molecule has 2 N–H and O–H groups in total. The van der Waals surface area contributed by atoms with Gasteiger partial charge in [-0.25, -0.2) is 4.79 Å². The van der Waals surface area contributed by atoms with Crippen molar-refractivity contribution in [1.82, 2.24) is 0 Å². The molecule has 0 radical (unpaired) electrons. The number of hydrogen-bond donors (Lipinski definition) is 2. The van der Waals surface area contributed by atoms with Crippen LogP contribution in [-0.4, -0.2) is 46.1 Å². The first-order valence-corrected chi connectivity index (χ1v) is 10.8. The first kappa shape index (κ1) is 25.6. The van der Waals surface area contributed by atoms with Crippen LogP contribution in [0.2, 0.25) is 0 Å². The largest absolute Gasteiger partial charge is 0.481 e. The summed E-state index contributed by atoms with van der Waals surface area (Å²) in [5, 5.41) is 19.5. The molecule has 176 valence electrons. The van der Waals surface area contributed by atoms with Gasteiger partial charge < -0.3 is 14.9 Å². The second kappa shape index (κ2) is 11.3. The molecule has 5 atom stereocenters. The number of benzene rings is 1. The minimum Gasteiger partial charge on any atom is -0.481 e. The highest BCUT2D eigenvalue weighted by atomic mass is 19.3. The lowest BCUT2D eigenvalue weighted by molar-refractivity contribution is -0.145. The van der Waals surface area contributed by atoms with E-state index in [1.807, 2.05) is 6.92 Å². The number of hydrogen-bond acceptors (Lipinski definition) is 5. The van der Waals surface area contributed by atoms with E-state index in [1.165, 1.54) is 19.1 Å². The molecule has 1 saturated carbocycles. The number of carboxylic acid groups (broad SMARTS) is 1. The van der Waals surface area contributed by atoms with E-state index in [-0.39, 0.29) is 18.4 Å². The highest BCUT2D eigenvalue weighted by Gasteiger charge is 2.46. The molecule has 0 spiro atoms. The average molecular weight is 452 g/mol. The van der Waals surface area contributed by atoms with Crippen LogP contribution < -0.4 is 0 Å². The van der Waals surface area contributed by atoms with Gasteiger partial charge in [0.1, 0.15) is 6.10 Å². The normalized spacial score (nSPS) is 24.4. The van der Waals surface area contributed by atoms with Crippen molar-refractivity contribution < 1.29 is 38.1 Å². The second-order valence-electron chi connectivity index (χ2n) is 8.34. The molecule has 0 saturated heterocycles. The molecule has 1 aromatic rings. The maximum absolute atomic E-state index is 14.5. The Hall–Kier alpha value is -2.61. The number of unbranched alkanes of at least 4 members (excludes halogenated alkanes) is 1. The number of carbonyl (C=O) groups excluding carboxylic acids is 2. The summed E-state index contributed by atoms with van der Waals surface area (Å²) in [6.45, 7) is 3.19. The lowest BCUT2D eigenvalue weighted by atomic mass is 9.88. The molecule has 0 aromatic heterocycles. The molecular formula is C24H30F2O6. The molecule has 1 unspecified atom stereocenters. The maximum atomic E-state index is 14.5. The number of rotatable bonds is 11. The lowest BCUT2D eigenvalue weighted by Gasteiger charge is -2.23. The van der Waals surface area contributed by atoms with Gasteiger partial charge in [-0.3, -0.25) is 9.59 Å². The van der Waals surface area contributed by atoms with E-state index in [1.54, 1.807) is 18.2 Å². The molecule has 0 bridgehead atoms. The van der Waals surface area contributed by atoms with Crippen LogP contribution in [0.3, 0.4) is 0 Å². The van der Waals surface area contributed by atoms with E-state index < -0.39 is 60.0 Å². The van der Waals surface area contributed by atoms with Crippen LogP contribution in [0.25, 0.3) is 0 Å². The summed E-state index contributed by atoms with van der Waals surface area (Å²) in [4.78, 5) is 36.0. The Bertz CT molecular complexity index is 823. The van der Waals surface area contributed by atoms with Gasteiger partial charge in [0, 0.05) is 24.2 Å². The molecule has 1 fully saturated rings. The molecule has 0 aliphatic heterocycles. The van der Waals surface area contributed by atoms with Crippen LogP contribution in [0.4, 0.5) is 8.78 Å². The van der Waals surface area contributed by atoms with Crippen molar-refractivity contribution in [2.75, 3.05) is 0 Å². The third kappa shape index (κ3) is 6.45. The van der Waals surface area contributed by atoms with E-state index >= 15 is 0 Å². The van der Waals surface area contributed by atoms with Crippen LogP contribution in [0.15, 0.2) is 42.5 Å². The molecule has 0 heterocycles. The zero-order valence-electron chi connectivity index (χ0n) is 18.2. The number of ether oxygens (including phenoxy) is 1. The van der Waals surface area contributed by atoms with Gasteiger partial charge in [-0.15, -0.1) is 0 Å². The van der Waals surface area contributed by atoms with Crippen LogP contribution >= 0.6 is 0 Å². The summed E-state index contributed by atoms with van der Waals surface area (Å²) >= 11 is 0. The van der Waals surface area contributed by atoms with Gasteiger partial charge in [-0.05, 0) is 24.6 Å². The second-order valence-corrected chi connectivity index (χ2v) is 8.34. The Morgan fingerprint density at radius 1 is 1.25 bits per heavy atom. The summed E-state index contributed by atoms with van der Waals surface area (Å²) in [5.74, 6) is -9.73. The molecule has 8 heteroatoms. The standard InChI is InChI=1S/C24H30F2O6/c1-3-4-8-15(2)24(25,26)21(28)12-11-17-18(13-22(29)30)19(27)14-20(17)32-23(31)16-9-6-5-7-10-16/h5-7,9-12,15,17-20,27H,3-4,8,13-14H2,1-2H3,(H,29,30)/t15?,17-,18-,19+,20-/m1/s1. The van der Waals surface area contributed by atoms with Gasteiger partial charge in [0.2, 0.25) is 5.78 Å². The number of ketones is 1. The Morgan fingerprint density at radius 3 is 2.50 bits per heavy atom. The first-order chi connectivity index (χ1) is 15.1. The van der Waals surface area contributed by atoms with Crippen molar-refractivity contribution in [1.29, 1.82) is 0 Å². The van der Waals surface area contributed by atoms with Crippen molar-refractivity contribution in [2.45, 2.75) is 64.1 Å². The predicted octanol–water partition coefficient (Wildman–Crippen LogP) is 4.27. The Labute approximate surface area is 186 Å². The number of aliphatic hydroxyl groups is 1. The van der Waals surface area contributed by atoms with Crippen LogP contribution in [0.1, 0.15) is 56.3 Å². The van der Waals surface area contributed by atoms with Crippen LogP contribution in [0.5, 0.6) is 0 Å². The van der Waals surface area contributed by atoms with E-state index in [4.69, 9.17) is 4.74 Å². The van der Waals surface area contributed by atoms with Gasteiger partial charge in [-0.2, -0.15) is 8.78 Å². The molecule has 6 nitrogen and oxygen atoms in total. The molecule has 2 rings (SSSR count). The van der Waals surface area contributed by atoms with Gasteiger partial charge in [-0.1, -0.05) is 51.0 Å². The van der Waals surface area contributed by atoms with E-state index in [0.29, 0.717) is 6.42 Å². The van der Waals surface area contributed by atoms with Crippen LogP contribution in [0, 0.1) is 17.8 Å². The van der Waals surface area contributed by atoms with Crippen molar-refractivity contribution in [3.63, 3.8) is 0 Å². The molecular weight excluding hydrogens is 422 g/mol. The number of aliphatic hydroxyl groups excluding tert-OH is 1. The smallest absolute Gasteiger partial charge is 0.338 e. The zero-order chi connectivity index (χ0) is 23.9. The van der Waals surface area contributed by atoms with Gasteiger partial charge in [0.05, 0.1) is 18.1 Å². The summed E-state index contributed by atoms with van der Waals surface area (Å²) < 4.78 is 34.5. The van der Waals surface area contributed by atoms with E-state index in [2.05, 4.69) is 0 Å². The Kier molecular flexibility index (Phi) is 9.07. The fourth-order valence-electron chi connectivity index (χ4n) is 3.99. The van der Waals surface area contributed by atoms with E-state index in [0.717, 1.165) is 18.6 Å². The van der Waals surface area contributed by atoms with Gasteiger partial charge in [0.15, 0.2) is 0 Å². The SMILES string of the molecule is CCCCC(C)C(F)(F)C(=O)C=C[C@@H]1[C@@H](CC(=O)O)[C@@H](O)C[C@H]1OC(=O)c1ccccc1. The Balaban J connectivity index is 2.21. The molecule has 1 aliphatic rings. The number of allylic oxidation sites excluding steroid dienone is 1. The third-order valence-electron chi connectivity index (χ3n) is 5.98. The van der Waals surface area contributed by atoms with E-state index in [9.17, 15) is 33.4 Å². The number of carbonyl (C=O) groups is 3. The number of aliphatic carboxylic acids is 1. The summed E-state index contributed by atoms with van der Waals surface area (Å²) in [7, 11) is 0. The summed E-state index contributed by atoms with van der Waals surface area (Å²) in [5.41, 5.74) is 0.263. The van der Waals surface area contributed by atoms with Gasteiger partial charge in [0.25, 0.3) is 0 Å². The highest BCUT2D eigenvalue weighted by molar-refractivity contribution is 5.96. The van der Waals surface area contributed by atoms with Crippen molar-refractivity contribution in [2.24, 2.45) is 17.8 Å². The fourth-order valence-corrected chi connectivity index (χ4v) is 3.99. The topological polar surface area (TPSA) is 101 Å². The van der Waals surface area contributed by atoms with Crippen molar-refractivity contribution in [3.05, 3.63) is 48.0 Å². The highest BCUT2D eigenvalue weighted by Crippen LogP contribution is 2.39. The minimum atomic E-state index is -3.57. The lowest BCUT2D eigenvalue weighted by Crippen LogP contribution is -2.35. The molecule has 32 heavy (non-hydrogen) atoms. The molecule has 1 aromatic carbocycles. The van der Waals surface area contributed by atoms with Gasteiger partial charge >= 0.3 is 17.9 Å². The third-order valence-corrected chi connectivity index (χ3v) is 5.98. The molecule has 1 aliphatic carbocycles. The minimum absolute atomic E-state index is 0.0526. The van der Waals surface area contributed by atoms with Crippen LogP contribution in [-0.2, 0) is 14.3 Å². The fraction of sp³-hybridized carbons (Fsp3) is 0.542. The average Bonchev–Trinajstić information content (AvgIpc) is 3.03. The van der Waals surface area contributed by atoms with Crippen molar-refractivity contribution >= 4 is 17.7 Å². The number of halogens is 2. The number of alkyl halides is 2. The Morgan fingerprint density at radius 2 is 1.91 bits per heavy atom. The predicted molar refractivity (Wildman–Crippen MR) is 113 cm³/mol. The molecule has 0 amide bonds. The zero-order valence-corrected chi connectivity index (χ0v) is 18.2. The summed E-state index contributed by atoms with van der Waals surface area (Å²) in [6, 6.07) is 8.08.